The van der Waals surface area contributed by atoms with Crippen molar-refractivity contribution >= 4 is 17.7 Å². The summed E-state index contributed by atoms with van der Waals surface area (Å²) in [7, 11) is 0. The molecule has 0 amide bonds. The monoisotopic (exact) mass is 179 g/mol. The van der Waals surface area contributed by atoms with E-state index in [-0.39, 0.29) is 0 Å². The topological polar surface area (TPSA) is 12.0 Å². The highest BCUT2D eigenvalue weighted by Crippen LogP contribution is 2.01. The molecule has 0 aliphatic rings. The molecule has 2 heteroatoms. The molecule has 0 aliphatic heterocycles. The van der Waals surface area contributed by atoms with Crippen molar-refractivity contribution in [3.63, 3.8) is 0 Å². The number of nitrogens with one attached hydrogen (secondary N) is 1. The highest BCUT2D eigenvalue weighted by molar-refractivity contribution is 7.78. The maximum absolute atomic E-state index is 4.71. The van der Waals surface area contributed by atoms with Crippen LogP contribution in [0.4, 0.5) is 0 Å². The molecule has 1 nitrogen and oxygen atoms in total. The van der Waals surface area contributed by atoms with Crippen LogP contribution in [0.5, 0.6) is 0 Å². The van der Waals surface area contributed by atoms with Gasteiger partial charge >= 0.3 is 0 Å². The van der Waals surface area contributed by atoms with Gasteiger partial charge in [0.1, 0.15) is 0 Å². The van der Waals surface area contributed by atoms with Gasteiger partial charge < -0.3 is 5.32 Å². The fraction of sp³-hybridized carbons (Fsp3) is 0.300. The van der Waals surface area contributed by atoms with E-state index in [1.54, 1.807) is 5.49 Å². The van der Waals surface area contributed by atoms with Gasteiger partial charge in [0.15, 0.2) is 0 Å². The lowest BCUT2D eigenvalue weighted by molar-refractivity contribution is 0.672. The lowest BCUT2D eigenvalue weighted by Crippen LogP contribution is -2.25. The van der Waals surface area contributed by atoms with E-state index < -0.39 is 0 Å². The minimum Gasteiger partial charge on any atom is -0.379 e. The van der Waals surface area contributed by atoms with Crippen LogP contribution in [0, 0.1) is 0 Å². The van der Waals surface area contributed by atoms with Crippen LogP contribution in [0.2, 0.25) is 0 Å². The summed E-state index contributed by atoms with van der Waals surface area (Å²) in [4.78, 5) is 0. The van der Waals surface area contributed by atoms with Crippen LogP contribution in [0.25, 0.3) is 0 Å². The van der Waals surface area contributed by atoms with Crippen LogP contribution in [0.3, 0.4) is 0 Å². The molecule has 1 N–H and O–H groups in total. The van der Waals surface area contributed by atoms with Crippen molar-refractivity contribution in [2.45, 2.75) is 19.4 Å². The predicted octanol–water partition coefficient (Wildman–Crippen LogP) is 2.16. The molecule has 0 saturated heterocycles. The van der Waals surface area contributed by atoms with Gasteiger partial charge in [0, 0.05) is 6.04 Å². The van der Waals surface area contributed by atoms with E-state index in [4.69, 9.17) is 12.2 Å². The molecule has 0 heterocycles. The fourth-order valence-corrected chi connectivity index (χ4v) is 1.38. The standard InChI is InChI=1S/C10H13NS/c1-9(11-8-12)7-10-5-3-2-4-6-10/h2-6,8-9H,7H2,1H3,(H,11,12). The van der Waals surface area contributed by atoms with Gasteiger partial charge in [-0.3, -0.25) is 0 Å². The highest BCUT2D eigenvalue weighted by Gasteiger charge is 1.98. The zero-order chi connectivity index (χ0) is 8.81. The van der Waals surface area contributed by atoms with E-state index in [9.17, 15) is 0 Å². The number of hydrogen-bond acceptors (Lipinski definition) is 1. The Kier molecular flexibility index (Phi) is 3.74. The SMILES string of the molecule is CC(Cc1ccccc1)NC=S. The summed E-state index contributed by atoms with van der Waals surface area (Å²) in [5.41, 5.74) is 2.92. The molecule has 0 bridgehead atoms. The van der Waals surface area contributed by atoms with Gasteiger partial charge in [0.25, 0.3) is 0 Å². The van der Waals surface area contributed by atoms with Crippen molar-refractivity contribution in [1.82, 2.24) is 5.32 Å². The number of benzene rings is 1. The largest absolute Gasteiger partial charge is 0.379 e. The molecule has 1 aromatic rings. The molecule has 64 valence electrons. The summed E-state index contributed by atoms with van der Waals surface area (Å²) < 4.78 is 0. The Balaban J connectivity index is 2.46. The third-order valence-corrected chi connectivity index (χ3v) is 1.87. The molecule has 0 aromatic heterocycles. The average Bonchev–Trinajstić information content (AvgIpc) is 2.06. The number of hydrogen-bond donors (Lipinski definition) is 1. The first kappa shape index (κ1) is 9.20. The first-order chi connectivity index (χ1) is 5.83. The summed E-state index contributed by atoms with van der Waals surface area (Å²) in [6.45, 7) is 2.12. The molecular weight excluding hydrogens is 166 g/mol. The van der Waals surface area contributed by atoms with E-state index in [1.807, 2.05) is 6.07 Å². The van der Waals surface area contributed by atoms with E-state index in [0.29, 0.717) is 6.04 Å². The minimum atomic E-state index is 0.421. The fourth-order valence-electron chi connectivity index (χ4n) is 1.14. The van der Waals surface area contributed by atoms with Crippen LogP contribution in [-0.2, 0) is 6.42 Å². The smallest absolute Gasteiger partial charge is 0.0617 e. The molecule has 1 aromatic carbocycles. The van der Waals surface area contributed by atoms with Crippen molar-refractivity contribution < 1.29 is 0 Å². The van der Waals surface area contributed by atoms with Crippen LogP contribution < -0.4 is 5.32 Å². The Morgan fingerprint density at radius 3 is 2.67 bits per heavy atom. The second kappa shape index (κ2) is 4.88. The van der Waals surface area contributed by atoms with Crippen LogP contribution in [0.1, 0.15) is 12.5 Å². The quantitative estimate of drug-likeness (QED) is 0.711. The lowest BCUT2D eigenvalue weighted by atomic mass is 10.1. The normalized spacial score (nSPS) is 12.1. The predicted molar refractivity (Wildman–Crippen MR) is 56.4 cm³/mol. The Morgan fingerprint density at radius 2 is 2.08 bits per heavy atom. The van der Waals surface area contributed by atoms with Crippen molar-refractivity contribution in [3.8, 4) is 0 Å². The van der Waals surface area contributed by atoms with Gasteiger partial charge in [-0.2, -0.15) is 0 Å². The van der Waals surface area contributed by atoms with Gasteiger partial charge in [-0.15, -0.1) is 0 Å². The molecule has 0 fully saturated rings. The van der Waals surface area contributed by atoms with Gasteiger partial charge in [0.2, 0.25) is 0 Å². The maximum Gasteiger partial charge on any atom is 0.0617 e. The summed E-state index contributed by atoms with van der Waals surface area (Å²) in [6, 6.07) is 10.8. The van der Waals surface area contributed by atoms with Gasteiger partial charge in [-0.25, -0.2) is 0 Å². The van der Waals surface area contributed by atoms with Crippen LogP contribution in [0.15, 0.2) is 30.3 Å². The van der Waals surface area contributed by atoms with Gasteiger partial charge in [0.05, 0.1) is 5.49 Å². The summed E-state index contributed by atoms with van der Waals surface area (Å²) in [5.74, 6) is 0. The second-order valence-electron chi connectivity index (χ2n) is 2.88. The molecule has 0 aliphatic carbocycles. The number of rotatable bonds is 4. The van der Waals surface area contributed by atoms with Crippen molar-refractivity contribution in [1.29, 1.82) is 0 Å². The molecule has 0 radical (unpaired) electrons. The molecule has 1 rings (SSSR count). The van der Waals surface area contributed by atoms with E-state index in [2.05, 4.69) is 36.5 Å². The third-order valence-electron chi connectivity index (χ3n) is 1.74. The van der Waals surface area contributed by atoms with E-state index in [0.717, 1.165) is 6.42 Å². The Labute approximate surface area is 78.8 Å². The molecular formula is C10H13NS. The second-order valence-corrected chi connectivity index (χ2v) is 3.11. The number of thiocarbonyl (C=S) groups is 1. The molecule has 0 saturated carbocycles. The lowest BCUT2D eigenvalue weighted by Gasteiger charge is -2.10. The summed E-state index contributed by atoms with van der Waals surface area (Å²) in [6.07, 6.45) is 1.02. The summed E-state index contributed by atoms with van der Waals surface area (Å²) >= 11 is 4.71. The average molecular weight is 179 g/mol. The Morgan fingerprint density at radius 1 is 1.42 bits per heavy atom. The minimum absolute atomic E-state index is 0.421. The van der Waals surface area contributed by atoms with Gasteiger partial charge in [-0.1, -0.05) is 42.5 Å². The van der Waals surface area contributed by atoms with Crippen molar-refractivity contribution in [3.05, 3.63) is 35.9 Å². The Hall–Kier alpha value is -0.890. The van der Waals surface area contributed by atoms with Crippen molar-refractivity contribution in [2.75, 3.05) is 0 Å². The van der Waals surface area contributed by atoms with E-state index >= 15 is 0 Å². The maximum atomic E-state index is 4.71. The highest BCUT2D eigenvalue weighted by atomic mass is 32.1. The first-order valence-corrected chi connectivity index (χ1v) is 4.53. The molecule has 1 atom stereocenters. The summed E-state index contributed by atoms with van der Waals surface area (Å²) in [5, 5.41) is 3.08. The molecule has 12 heavy (non-hydrogen) atoms. The molecule has 1 unspecified atom stereocenters. The van der Waals surface area contributed by atoms with Crippen LogP contribution in [-0.4, -0.2) is 11.5 Å². The van der Waals surface area contributed by atoms with Crippen molar-refractivity contribution in [2.24, 2.45) is 0 Å². The molecule has 0 spiro atoms. The van der Waals surface area contributed by atoms with Crippen LogP contribution >= 0.6 is 12.2 Å². The third kappa shape index (κ3) is 3.01. The zero-order valence-corrected chi connectivity index (χ0v) is 7.97. The van der Waals surface area contributed by atoms with E-state index in [1.165, 1.54) is 5.56 Å². The Bertz CT molecular complexity index is 233. The zero-order valence-electron chi connectivity index (χ0n) is 7.16. The van der Waals surface area contributed by atoms with Gasteiger partial charge in [-0.05, 0) is 18.9 Å². The first-order valence-electron chi connectivity index (χ1n) is 4.06.